The fourth-order valence-corrected chi connectivity index (χ4v) is 2.40. The molecule has 0 unspecified atom stereocenters. The highest BCUT2D eigenvalue weighted by Crippen LogP contribution is 2.12. The molecule has 0 saturated heterocycles. The standard InChI is InChI=1S/C21H20O2Si/c1-23-19-13-10-17(11-14-19)9-12-18-7-5-6-8-20(18)21(22)15-16-24(2,3)4/h5-8,10-11,13-14H,1-4H3. The number of ether oxygens (including phenoxy) is 1. The first-order valence-corrected chi connectivity index (χ1v) is 11.2. The van der Waals surface area contributed by atoms with Crippen LogP contribution in [0.4, 0.5) is 0 Å². The summed E-state index contributed by atoms with van der Waals surface area (Å²) >= 11 is 0. The molecule has 24 heavy (non-hydrogen) atoms. The predicted molar refractivity (Wildman–Crippen MR) is 101 cm³/mol. The smallest absolute Gasteiger partial charge is 0.236 e. The van der Waals surface area contributed by atoms with E-state index in [4.69, 9.17) is 4.74 Å². The molecule has 0 N–H and O–H groups in total. The van der Waals surface area contributed by atoms with Crippen molar-refractivity contribution in [1.29, 1.82) is 0 Å². The van der Waals surface area contributed by atoms with E-state index in [-0.39, 0.29) is 5.78 Å². The molecule has 0 amide bonds. The molecule has 0 saturated carbocycles. The highest BCUT2D eigenvalue weighted by atomic mass is 28.3. The summed E-state index contributed by atoms with van der Waals surface area (Å²) in [6, 6.07) is 14.8. The summed E-state index contributed by atoms with van der Waals surface area (Å²) in [6.45, 7) is 6.34. The van der Waals surface area contributed by atoms with E-state index in [1.54, 1.807) is 13.2 Å². The lowest BCUT2D eigenvalue weighted by molar-refractivity contribution is 0.105. The van der Waals surface area contributed by atoms with Crippen LogP contribution < -0.4 is 4.74 Å². The number of rotatable bonds is 2. The van der Waals surface area contributed by atoms with Gasteiger partial charge in [-0.25, -0.2) is 0 Å². The quantitative estimate of drug-likeness (QED) is 0.469. The predicted octanol–water partition coefficient (Wildman–Crippen LogP) is 4.16. The fraction of sp³-hybridized carbons (Fsp3) is 0.190. The van der Waals surface area contributed by atoms with Gasteiger partial charge in [-0.05, 0) is 42.3 Å². The van der Waals surface area contributed by atoms with E-state index in [1.807, 2.05) is 42.5 Å². The second kappa shape index (κ2) is 7.68. The number of carbonyl (C=O) groups excluding carboxylic acids is 1. The average molecular weight is 332 g/mol. The van der Waals surface area contributed by atoms with Crippen LogP contribution in [0.2, 0.25) is 19.6 Å². The van der Waals surface area contributed by atoms with Crippen LogP contribution in [0, 0.1) is 23.3 Å². The molecule has 0 radical (unpaired) electrons. The molecule has 2 nitrogen and oxygen atoms in total. The van der Waals surface area contributed by atoms with Gasteiger partial charge in [-0.3, -0.25) is 4.79 Å². The van der Waals surface area contributed by atoms with Crippen molar-refractivity contribution >= 4 is 13.9 Å². The molecule has 2 aromatic carbocycles. The largest absolute Gasteiger partial charge is 0.497 e. The van der Waals surface area contributed by atoms with Crippen LogP contribution in [0.5, 0.6) is 5.75 Å². The van der Waals surface area contributed by atoms with Crippen molar-refractivity contribution in [3.05, 3.63) is 65.2 Å². The number of Topliss-reactive ketones (excluding diaryl/α,β-unsaturated/α-hetero) is 1. The summed E-state index contributed by atoms with van der Waals surface area (Å²) in [4.78, 5) is 12.4. The van der Waals surface area contributed by atoms with Crippen molar-refractivity contribution in [3.8, 4) is 29.1 Å². The Bertz CT molecular complexity index is 851. The SMILES string of the molecule is COc1ccc(C#Cc2ccccc2C(=O)C#C[Si](C)(C)C)cc1. The van der Waals surface area contributed by atoms with Gasteiger partial charge in [-0.2, -0.15) is 0 Å². The van der Waals surface area contributed by atoms with Crippen molar-refractivity contribution in [2.24, 2.45) is 0 Å². The molecule has 0 fully saturated rings. The Kier molecular flexibility index (Phi) is 5.63. The first-order valence-electron chi connectivity index (χ1n) is 7.72. The van der Waals surface area contributed by atoms with E-state index in [1.165, 1.54) is 0 Å². The van der Waals surface area contributed by atoms with Crippen LogP contribution in [0.15, 0.2) is 48.5 Å². The summed E-state index contributed by atoms with van der Waals surface area (Å²) in [5, 5.41) is 0. The van der Waals surface area contributed by atoms with Gasteiger partial charge in [0, 0.05) is 16.7 Å². The van der Waals surface area contributed by atoms with E-state index >= 15 is 0 Å². The van der Waals surface area contributed by atoms with Gasteiger partial charge in [0.2, 0.25) is 5.78 Å². The Morgan fingerprint density at radius 2 is 1.62 bits per heavy atom. The second-order valence-electron chi connectivity index (χ2n) is 6.35. The second-order valence-corrected chi connectivity index (χ2v) is 11.1. The molecule has 0 aliphatic heterocycles. The summed E-state index contributed by atoms with van der Waals surface area (Å²) in [6.07, 6.45) is 0. The van der Waals surface area contributed by atoms with Crippen molar-refractivity contribution in [2.75, 3.05) is 7.11 Å². The molecular weight excluding hydrogens is 312 g/mol. The molecule has 0 heterocycles. The van der Waals surface area contributed by atoms with E-state index in [0.717, 1.165) is 11.3 Å². The molecular formula is C21H20O2Si. The number of benzene rings is 2. The van der Waals surface area contributed by atoms with Crippen LogP contribution in [-0.2, 0) is 0 Å². The summed E-state index contributed by atoms with van der Waals surface area (Å²) < 4.78 is 5.13. The molecule has 2 rings (SSSR count). The lowest BCUT2D eigenvalue weighted by atomic mass is 10.0. The van der Waals surface area contributed by atoms with Gasteiger partial charge in [-0.15, -0.1) is 5.54 Å². The number of methoxy groups -OCH3 is 1. The highest BCUT2D eigenvalue weighted by molar-refractivity contribution is 6.84. The van der Waals surface area contributed by atoms with Crippen LogP contribution >= 0.6 is 0 Å². The average Bonchev–Trinajstić information content (AvgIpc) is 2.58. The molecule has 0 spiro atoms. The minimum atomic E-state index is -1.58. The van der Waals surface area contributed by atoms with E-state index in [9.17, 15) is 4.79 Å². The Morgan fingerprint density at radius 3 is 2.25 bits per heavy atom. The fourth-order valence-electron chi connectivity index (χ4n) is 1.92. The third-order valence-corrected chi connectivity index (χ3v) is 4.03. The van der Waals surface area contributed by atoms with Gasteiger partial charge in [-0.1, -0.05) is 43.6 Å². The number of carbonyl (C=O) groups is 1. The monoisotopic (exact) mass is 332 g/mol. The van der Waals surface area contributed by atoms with Crippen LogP contribution in [0.1, 0.15) is 21.5 Å². The summed E-state index contributed by atoms with van der Waals surface area (Å²) in [7, 11) is 0.0487. The van der Waals surface area contributed by atoms with Gasteiger partial charge in [0.15, 0.2) is 0 Å². The van der Waals surface area contributed by atoms with E-state index < -0.39 is 8.07 Å². The maximum Gasteiger partial charge on any atom is 0.236 e. The molecule has 2 aromatic rings. The normalized spacial score (nSPS) is 10.0. The maximum atomic E-state index is 12.4. The van der Waals surface area contributed by atoms with E-state index in [0.29, 0.717) is 11.1 Å². The zero-order chi connectivity index (χ0) is 17.6. The van der Waals surface area contributed by atoms with Crippen LogP contribution in [0.3, 0.4) is 0 Å². The minimum Gasteiger partial charge on any atom is -0.497 e. The first kappa shape index (κ1) is 17.6. The van der Waals surface area contributed by atoms with Gasteiger partial charge in [0.05, 0.1) is 7.11 Å². The van der Waals surface area contributed by atoms with Crippen molar-refractivity contribution in [3.63, 3.8) is 0 Å². The highest BCUT2D eigenvalue weighted by Gasteiger charge is 2.11. The number of hydrogen-bond acceptors (Lipinski definition) is 2. The van der Waals surface area contributed by atoms with Crippen LogP contribution in [0.25, 0.3) is 0 Å². The number of hydrogen-bond donors (Lipinski definition) is 0. The lowest BCUT2D eigenvalue weighted by Crippen LogP contribution is -2.17. The Balaban J connectivity index is 2.30. The minimum absolute atomic E-state index is 0.169. The molecule has 0 aliphatic carbocycles. The van der Waals surface area contributed by atoms with Gasteiger partial charge >= 0.3 is 0 Å². The third kappa shape index (κ3) is 5.16. The van der Waals surface area contributed by atoms with Gasteiger partial charge in [0.1, 0.15) is 13.8 Å². The summed E-state index contributed by atoms with van der Waals surface area (Å²) in [5.74, 6) is 9.56. The van der Waals surface area contributed by atoms with Gasteiger partial charge in [0.25, 0.3) is 0 Å². The molecule has 0 bridgehead atoms. The van der Waals surface area contributed by atoms with Gasteiger partial charge < -0.3 is 4.74 Å². The third-order valence-electron chi connectivity index (χ3n) is 3.15. The van der Waals surface area contributed by atoms with Crippen LogP contribution in [-0.4, -0.2) is 21.0 Å². The lowest BCUT2D eigenvalue weighted by Gasteiger charge is -2.03. The maximum absolute atomic E-state index is 12.4. The van der Waals surface area contributed by atoms with Crippen molar-refractivity contribution in [1.82, 2.24) is 0 Å². The Labute approximate surface area is 144 Å². The number of ketones is 1. The topological polar surface area (TPSA) is 26.3 Å². The van der Waals surface area contributed by atoms with Crippen molar-refractivity contribution in [2.45, 2.75) is 19.6 Å². The molecule has 3 heteroatoms. The molecule has 120 valence electrons. The zero-order valence-electron chi connectivity index (χ0n) is 14.4. The zero-order valence-corrected chi connectivity index (χ0v) is 15.4. The first-order chi connectivity index (χ1) is 11.4. The molecule has 0 aliphatic rings. The Morgan fingerprint density at radius 1 is 0.958 bits per heavy atom. The Hall–Kier alpha value is -2.75. The summed E-state index contributed by atoms with van der Waals surface area (Å²) in [5.41, 5.74) is 5.23. The molecule has 0 aromatic heterocycles. The van der Waals surface area contributed by atoms with Crippen molar-refractivity contribution < 1.29 is 9.53 Å². The van der Waals surface area contributed by atoms with E-state index in [2.05, 4.69) is 42.9 Å². The molecule has 0 atom stereocenters.